The third kappa shape index (κ3) is 4.40. The van der Waals surface area contributed by atoms with Crippen molar-refractivity contribution in [3.8, 4) is 0 Å². The molecule has 0 aliphatic carbocycles. The van der Waals surface area contributed by atoms with Gasteiger partial charge in [0, 0.05) is 11.6 Å². The normalized spacial score (nSPS) is 16.4. The molecular formula is C18H24ClFN4O2S+2. The summed E-state index contributed by atoms with van der Waals surface area (Å²) in [6, 6.07) is 7.83. The van der Waals surface area contributed by atoms with Crippen molar-refractivity contribution in [2.24, 2.45) is 0 Å². The summed E-state index contributed by atoms with van der Waals surface area (Å²) in [6.45, 7) is 2.89. The van der Waals surface area contributed by atoms with Gasteiger partial charge in [-0.15, -0.1) is 0 Å². The number of H-pyrrole nitrogens is 1. The highest BCUT2D eigenvalue weighted by Crippen LogP contribution is 2.22. The average Bonchev–Trinajstić information content (AvgIpc) is 2.65. The summed E-state index contributed by atoms with van der Waals surface area (Å²) in [5.74, 6) is 0.293. The maximum atomic E-state index is 14.0. The standard InChI is InChI=1S/C18H22ClFN4O2S/c1-22-8-10-24(11-9-22)27(25,26)14-6-7-18(21-12-14)23(2)13-15-16(19)4-3-5-17(15)20/h3-7,12H,8-11,13H2,1-2H3/p+2. The van der Waals surface area contributed by atoms with Crippen molar-refractivity contribution in [3.63, 3.8) is 0 Å². The number of aromatic amines is 1. The van der Waals surface area contributed by atoms with Crippen LogP contribution in [0.25, 0.3) is 0 Å². The number of pyridine rings is 1. The molecule has 9 heteroatoms. The van der Waals surface area contributed by atoms with Gasteiger partial charge >= 0.3 is 0 Å². The second kappa shape index (κ2) is 8.10. The van der Waals surface area contributed by atoms with Gasteiger partial charge < -0.3 is 4.90 Å². The van der Waals surface area contributed by atoms with E-state index in [0.717, 1.165) is 13.1 Å². The highest BCUT2D eigenvalue weighted by atomic mass is 35.5. The number of nitrogens with one attached hydrogen (secondary N) is 2. The number of likely N-dealkylation sites (N-methyl/N-ethyl adjacent to an activating group) is 1. The summed E-state index contributed by atoms with van der Waals surface area (Å²) in [4.78, 5) is 6.33. The highest BCUT2D eigenvalue weighted by Gasteiger charge is 2.30. The first kappa shape index (κ1) is 20.0. The second-order valence-electron chi connectivity index (χ2n) is 6.83. The van der Waals surface area contributed by atoms with Gasteiger partial charge in [-0.3, -0.25) is 4.90 Å². The van der Waals surface area contributed by atoms with Crippen molar-refractivity contribution in [2.45, 2.75) is 11.4 Å². The summed E-state index contributed by atoms with van der Waals surface area (Å²) in [5, 5.41) is 0.359. The highest BCUT2D eigenvalue weighted by molar-refractivity contribution is 7.89. The smallest absolute Gasteiger partial charge is 0.274 e. The lowest BCUT2D eigenvalue weighted by molar-refractivity contribution is -0.883. The predicted molar refractivity (Wildman–Crippen MR) is 102 cm³/mol. The minimum absolute atomic E-state index is 0.225. The van der Waals surface area contributed by atoms with Crippen LogP contribution in [0.1, 0.15) is 5.56 Å². The van der Waals surface area contributed by atoms with Crippen LogP contribution in [0.2, 0.25) is 5.02 Å². The SMILES string of the molecule is CN(Cc1c(F)cccc1Cl)c1ccc(S(=O)(=O)N2CC[NH+](C)CC2)c[nH+]1. The molecule has 146 valence electrons. The summed E-state index contributed by atoms with van der Waals surface area (Å²) >= 11 is 6.08. The number of hydrogen-bond acceptors (Lipinski definition) is 3. The van der Waals surface area contributed by atoms with Crippen LogP contribution in [-0.2, 0) is 16.6 Å². The Morgan fingerprint density at radius 2 is 1.96 bits per heavy atom. The number of hydrogen-bond donors (Lipinski definition) is 1. The fourth-order valence-electron chi connectivity index (χ4n) is 3.06. The molecule has 0 bridgehead atoms. The fraction of sp³-hybridized carbons (Fsp3) is 0.389. The Balaban J connectivity index is 1.75. The molecule has 27 heavy (non-hydrogen) atoms. The van der Waals surface area contributed by atoms with Gasteiger partial charge in [0.15, 0.2) is 0 Å². The molecule has 1 aliphatic rings. The van der Waals surface area contributed by atoms with Crippen molar-refractivity contribution in [3.05, 3.63) is 52.9 Å². The van der Waals surface area contributed by atoms with Gasteiger partial charge in [0.2, 0.25) is 10.0 Å². The van der Waals surface area contributed by atoms with Gasteiger partial charge in [-0.05, 0) is 18.2 Å². The minimum Gasteiger partial charge on any atom is -0.335 e. The molecule has 3 rings (SSSR count). The largest absolute Gasteiger partial charge is 0.335 e. The van der Waals surface area contributed by atoms with Gasteiger partial charge in [0.05, 0.1) is 45.3 Å². The third-order valence-corrected chi connectivity index (χ3v) is 7.10. The molecule has 1 aliphatic heterocycles. The number of quaternary nitrogens is 1. The molecule has 2 heterocycles. The van der Waals surface area contributed by atoms with E-state index < -0.39 is 10.0 Å². The number of anilines is 1. The lowest BCUT2D eigenvalue weighted by Gasteiger charge is -2.29. The first-order valence-electron chi connectivity index (χ1n) is 8.76. The molecule has 1 aromatic carbocycles. The Hall–Kier alpha value is -1.74. The fourth-order valence-corrected chi connectivity index (χ4v) is 4.70. The van der Waals surface area contributed by atoms with Crippen LogP contribution in [0.4, 0.5) is 10.2 Å². The van der Waals surface area contributed by atoms with E-state index in [2.05, 4.69) is 12.0 Å². The summed E-state index contributed by atoms with van der Waals surface area (Å²) < 4.78 is 41.0. The summed E-state index contributed by atoms with van der Waals surface area (Å²) in [7, 11) is 0.332. The molecule has 0 atom stereocenters. The zero-order chi connectivity index (χ0) is 19.6. The lowest BCUT2D eigenvalue weighted by atomic mass is 10.2. The average molecular weight is 415 g/mol. The topological polar surface area (TPSA) is 59.2 Å². The quantitative estimate of drug-likeness (QED) is 0.772. The van der Waals surface area contributed by atoms with Crippen LogP contribution in [0, 0.1) is 5.82 Å². The number of rotatable bonds is 5. The van der Waals surface area contributed by atoms with E-state index in [1.165, 1.54) is 21.5 Å². The van der Waals surface area contributed by atoms with Crippen LogP contribution in [0.15, 0.2) is 41.4 Å². The first-order chi connectivity index (χ1) is 12.8. The molecule has 1 fully saturated rings. The number of nitrogens with zero attached hydrogens (tertiary/aromatic N) is 2. The van der Waals surface area contributed by atoms with Crippen LogP contribution >= 0.6 is 11.6 Å². The van der Waals surface area contributed by atoms with Crippen LogP contribution in [0.3, 0.4) is 0 Å². The van der Waals surface area contributed by atoms with E-state index in [0.29, 0.717) is 29.5 Å². The molecule has 1 saturated heterocycles. The number of aromatic nitrogens is 1. The van der Waals surface area contributed by atoms with E-state index in [9.17, 15) is 12.8 Å². The zero-order valence-electron chi connectivity index (χ0n) is 15.4. The predicted octanol–water partition coefficient (Wildman–Crippen LogP) is 0.449. The van der Waals surface area contributed by atoms with Crippen molar-refractivity contribution in [1.82, 2.24) is 4.31 Å². The van der Waals surface area contributed by atoms with E-state index in [4.69, 9.17) is 11.6 Å². The molecule has 1 aromatic heterocycles. The van der Waals surface area contributed by atoms with E-state index in [1.807, 2.05) is 0 Å². The maximum absolute atomic E-state index is 14.0. The zero-order valence-corrected chi connectivity index (χ0v) is 16.9. The number of piperazine rings is 1. The lowest BCUT2D eigenvalue weighted by Crippen LogP contribution is -3.12. The molecule has 0 radical (unpaired) electrons. The Morgan fingerprint density at radius 3 is 2.56 bits per heavy atom. The summed E-state index contributed by atoms with van der Waals surface area (Å²) in [6.07, 6.45) is 1.48. The third-order valence-electron chi connectivity index (χ3n) is 4.85. The molecule has 2 aromatic rings. The molecule has 6 nitrogen and oxygen atoms in total. The van der Waals surface area contributed by atoms with E-state index in [-0.39, 0.29) is 17.3 Å². The van der Waals surface area contributed by atoms with E-state index >= 15 is 0 Å². The van der Waals surface area contributed by atoms with Crippen molar-refractivity contribution in [2.75, 3.05) is 45.2 Å². The van der Waals surface area contributed by atoms with Crippen LogP contribution < -0.4 is 14.8 Å². The molecular weight excluding hydrogens is 391 g/mol. The van der Waals surface area contributed by atoms with Crippen LogP contribution in [0.5, 0.6) is 0 Å². The Bertz CT molecular complexity index is 880. The summed E-state index contributed by atoms with van der Waals surface area (Å²) in [5.41, 5.74) is 0.395. The first-order valence-corrected chi connectivity index (χ1v) is 10.6. The second-order valence-corrected chi connectivity index (χ2v) is 9.17. The van der Waals surface area contributed by atoms with Gasteiger partial charge in [0.25, 0.3) is 5.82 Å². The van der Waals surface area contributed by atoms with Gasteiger partial charge in [-0.25, -0.2) is 17.8 Å². The molecule has 2 N–H and O–H groups in total. The maximum Gasteiger partial charge on any atom is 0.274 e. The van der Waals surface area contributed by atoms with E-state index in [1.54, 1.807) is 36.2 Å². The van der Waals surface area contributed by atoms with Crippen molar-refractivity contribution in [1.29, 1.82) is 0 Å². The molecule has 0 unspecified atom stereocenters. The monoisotopic (exact) mass is 414 g/mol. The number of benzene rings is 1. The van der Waals surface area contributed by atoms with Gasteiger partial charge in [-0.1, -0.05) is 17.7 Å². The number of halogens is 2. The van der Waals surface area contributed by atoms with Crippen molar-refractivity contribution >= 4 is 27.4 Å². The minimum atomic E-state index is -3.51. The Kier molecular flexibility index (Phi) is 6.00. The Morgan fingerprint density at radius 1 is 1.26 bits per heavy atom. The molecule has 0 saturated carbocycles. The number of sulfonamides is 1. The van der Waals surface area contributed by atoms with Gasteiger partial charge in [-0.2, -0.15) is 4.31 Å². The van der Waals surface area contributed by atoms with Crippen LogP contribution in [-0.4, -0.2) is 53.0 Å². The molecule has 0 amide bonds. The molecule has 0 spiro atoms. The van der Waals surface area contributed by atoms with Gasteiger partial charge in [0.1, 0.15) is 23.5 Å². The van der Waals surface area contributed by atoms with Crippen molar-refractivity contribution < 1.29 is 22.7 Å². The Labute approximate surface area is 164 Å².